The summed E-state index contributed by atoms with van der Waals surface area (Å²) in [6.07, 6.45) is 2.14. The highest BCUT2D eigenvalue weighted by atomic mass is 16.5. The van der Waals surface area contributed by atoms with Gasteiger partial charge in [-0.05, 0) is 0 Å². The SMILES string of the molecule is O=C(O)NC(Cc1c[nH]cn1)C(=O)N1CCOCC1. The molecule has 1 aliphatic heterocycles. The number of hydrogen-bond acceptors (Lipinski definition) is 4. The molecule has 1 aliphatic rings. The molecule has 2 heterocycles. The van der Waals surface area contributed by atoms with Crippen LogP contribution in [0.15, 0.2) is 12.5 Å². The summed E-state index contributed by atoms with van der Waals surface area (Å²) in [5.74, 6) is -0.242. The van der Waals surface area contributed by atoms with Crippen molar-refractivity contribution in [1.29, 1.82) is 0 Å². The first-order chi connectivity index (χ1) is 9.16. The number of carbonyl (C=O) groups is 2. The van der Waals surface area contributed by atoms with Gasteiger partial charge in [0, 0.05) is 25.7 Å². The van der Waals surface area contributed by atoms with Crippen molar-refractivity contribution in [2.45, 2.75) is 12.5 Å². The van der Waals surface area contributed by atoms with Crippen molar-refractivity contribution < 1.29 is 19.4 Å². The van der Waals surface area contributed by atoms with Crippen molar-refractivity contribution in [2.75, 3.05) is 26.3 Å². The molecular formula is C11H16N4O4. The Morgan fingerprint density at radius 2 is 2.26 bits per heavy atom. The van der Waals surface area contributed by atoms with Crippen LogP contribution in [0.4, 0.5) is 4.79 Å². The van der Waals surface area contributed by atoms with Crippen molar-refractivity contribution in [3.8, 4) is 0 Å². The average Bonchev–Trinajstić information content (AvgIpc) is 2.90. The number of carbonyl (C=O) groups excluding carboxylic acids is 1. The Morgan fingerprint density at radius 3 is 2.84 bits per heavy atom. The lowest BCUT2D eigenvalue weighted by molar-refractivity contribution is -0.137. The standard InChI is InChI=1S/C11H16N4O4/c16-10(15-1-3-19-4-2-15)9(14-11(17)18)5-8-6-12-7-13-8/h6-7,9,14H,1-5H2,(H,12,13)(H,17,18). The highest BCUT2D eigenvalue weighted by Crippen LogP contribution is 2.05. The molecule has 0 spiro atoms. The highest BCUT2D eigenvalue weighted by molar-refractivity contribution is 5.85. The van der Waals surface area contributed by atoms with Crippen LogP contribution in [0.2, 0.25) is 0 Å². The Bertz CT molecular complexity index is 428. The fraction of sp³-hybridized carbons (Fsp3) is 0.545. The maximum atomic E-state index is 12.3. The number of nitrogens with one attached hydrogen (secondary N) is 2. The molecule has 1 atom stereocenters. The van der Waals surface area contributed by atoms with E-state index < -0.39 is 12.1 Å². The van der Waals surface area contributed by atoms with Gasteiger partial charge in [-0.1, -0.05) is 0 Å². The van der Waals surface area contributed by atoms with Crippen LogP contribution >= 0.6 is 0 Å². The molecule has 0 aliphatic carbocycles. The molecule has 1 fully saturated rings. The lowest BCUT2D eigenvalue weighted by atomic mass is 10.1. The topological polar surface area (TPSA) is 108 Å². The molecule has 0 aromatic carbocycles. The summed E-state index contributed by atoms with van der Waals surface area (Å²) in [7, 11) is 0. The number of imidazole rings is 1. The average molecular weight is 268 g/mol. The highest BCUT2D eigenvalue weighted by Gasteiger charge is 2.27. The van der Waals surface area contributed by atoms with Crippen molar-refractivity contribution in [2.24, 2.45) is 0 Å². The minimum Gasteiger partial charge on any atom is -0.465 e. The molecule has 1 unspecified atom stereocenters. The normalized spacial score (nSPS) is 16.9. The van der Waals surface area contributed by atoms with Crippen LogP contribution in [0.1, 0.15) is 5.69 Å². The first-order valence-electron chi connectivity index (χ1n) is 6.00. The fourth-order valence-electron chi connectivity index (χ4n) is 1.96. The number of morpholine rings is 1. The van der Waals surface area contributed by atoms with Crippen LogP contribution in [0.5, 0.6) is 0 Å². The van der Waals surface area contributed by atoms with Crippen molar-refractivity contribution in [3.63, 3.8) is 0 Å². The second-order valence-electron chi connectivity index (χ2n) is 4.20. The van der Waals surface area contributed by atoms with Crippen LogP contribution in [0, 0.1) is 0 Å². The molecule has 104 valence electrons. The Labute approximate surface area is 109 Å². The summed E-state index contributed by atoms with van der Waals surface area (Å²) in [5.41, 5.74) is 0.639. The van der Waals surface area contributed by atoms with Crippen LogP contribution in [-0.4, -0.2) is 64.3 Å². The van der Waals surface area contributed by atoms with Gasteiger partial charge in [-0.2, -0.15) is 0 Å². The number of ether oxygens (including phenoxy) is 1. The maximum Gasteiger partial charge on any atom is 0.405 e. The molecule has 1 saturated heterocycles. The number of carboxylic acid groups (broad SMARTS) is 1. The predicted octanol–water partition coefficient (Wildman–Crippen LogP) is -0.553. The summed E-state index contributed by atoms with van der Waals surface area (Å²) in [6, 6.07) is -0.820. The number of amides is 2. The van der Waals surface area contributed by atoms with Gasteiger partial charge in [0.2, 0.25) is 5.91 Å². The summed E-state index contributed by atoms with van der Waals surface area (Å²) in [5, 5.41) is 11.1. The summed E-state index contributed by atoms with van der Waals surface area (Å²) in [6.45, 7) is 1.93. The Kier molecular flexibility index (Phi) is 4.35. The van der Waals surface area contributed by atoms with Gasteiger partial charge in [-0.15, -0.1) is 0 Å². The van der Waals surface area contributed by atoms with E-state index >= 15 is 0 Å². The van der Waals surface area contributed by atoms with Gasteiger partial charge < -0.3 is 25.0 Å². The van der Waals surface area contributed by atoms with Crippen LogP contribution in [-0.2, 0) is 16.0 Å². The smallest absolute Gasteiger partial charge is 0.405 e. The number of nitrogens with zero attached hydrogens (tertiary/aromatic N) is 2. The third-order valence-corrected chi connectivity index (χ3v) is 2.89. The van der Waals surface area contributed by atoms with Crippen molar-refractivity contribution in [1.82, 2.24) is 20.2 Å². The number of rotatable bonds is 4. The molecule has 8 heteroatoms. The van der Waals surface area contributed by atoms with Crippen LogP contribution in [0.3, 0.4) is 0 Å². The lowest BCUT2D eigenvalue weighted by Gasteiger charge is -2.30. The maximum absolute atomic E-state index is 12.3. The van der Waals surface area contributed by atoms with E-state index in [9.17, 15) is 9.59 Å². The minimum atomic E-state index is -1.22. The molecule has 8 nitrogen and oxygen atoms in total. The Balaban J connectivity index is 2.02. The number of aromatic nitrogens is 2. The third kappa shape index (κ3) is 3.68. The van der Waals surface area contributed by atoms with E-state index in [0.29, 0.717) is 32.0 Å². The fourth-order valence-corrected chi connectivity index (χ4v) is 1.96. The monoisotopic (exact) mass is 268 g/mol. The summed E-state index contributed by atoms with van der Waals surface area (Å²) in [4.78, 5) is 31.4. The van der Waals surface area contributed by atoms with E-state index in [1.54, 1.807) is 11.1 Å². The van der Waals surface area contributed by atoms with E-state index in [1.165, 1.54) is 6.33 Å². The van der Waals surface area contributed by atoms with Crippen LogP contribution < -0.4 is 5.32 Å². The van der Waals surface area contributed by atoms with Gasteiger partial charge >= 0.3 is 6.09 Å². The van der Waals surface area contributed by atoms with Crippen molar-refractivity contribution in [3.05, 3.63) is 18.2 Å². The molecule has 0 bridgehead atoms. The van der Waals surface area contributed by atoms with E-state index in [1.807, 2.05) is 0 Å². The second-order valence-corrected chi connectivity index (χ2v) is 4.20. The number of H-pyrrole nitrogens is 1. The predicted molar refractivity (Wildman–Crippen MR) is 64.6 cm³/mol. The zero-order valence-corrected chi connectivity index (χ0v) is 10.3. The summed E-state index contributed by atoms with van der Waals surface area (Å²) >= 11 is 0. The molecule has 0 saturated carbocycles. The summed E-state index contributed by atoms with van der Waals surface area (Å²) < 4.78 is 5.17. The van der Waals surface area contributed by atoms with E-state index in [4.69, 9.17) is 9.84 Å². The largest absolute Gasteiger partial charge is 0.465 e. The zero-order valence-electron chi connectivity index (χ0n) is 10.3. The molecule has 19 heavy (non-hydrogen) atoms. The van der Waals surface area contributed by atoms with E-state index in [-0.39, 0.29) is 12.3 Å². The first-order valence-corrected chi connectivity index (χ1v) is 6.00. The lowest BCUT2D eigenvalue weighted by Crippen LogP contribution is -2.52. The molecule has 1 aromatic heterocycles. The molecule has 1 aromatic rings. The van der Waals surface area contributed by atoms with Crippen LogP contribution in [0.25, 0.3) is 0 Å². The quantitative estimate of drug-likeness (QED) is 0.679. The van der Waals surface area contributed by atoms with Crippen molar-refractivity contribution >= 4 is 12.0 Å². The van der Waals surface area contributed by atoms with Gasteiger partial charge in [0.05, 0.1) is 25.2 Å². The van der Waals surface area contributed by atoms with E-state index in [0.717, 1.165) is 0 Å². The minimum absolute atomic E-state index is 0.228. The molecule has 0 radical (unpaired) electrons. The van der Waals surface area contributed by atoms with Gasteiger partial charge in [-0.25, -0.2) is 9.78 Å². The number of hydrogen-bond donors (Lipinski definition) is 3. The Hall–Kier alpha value is -2.09. The van der Waals surface area contributed by atoms with Gasteiger partial charge in [0.15, 0.2) is 0 Å². The zero-order chi connectivity index (χ0) is 13.7. The first kappa shape index (κ1) is 13.3. The van der Waals surface area contributed by atoms with Gasteiger partial charge in [0.1, 0.15) is 6.04 Å². The van der Waals surface area contributed by atoms with Gasteiger partial charge in [0.25, 0.3) is 0 Å². The molecule has 3 N–H and O–H groups in total. The number of aromatic amines is 1. The second kappa shape index (κ2) is 6.19. The molecular weight excluding hydrogens is 252 g/mol. The Morgan fingerprint density at radius 1 is 1.53 bits per heavy atom. The molecule has 2 amide bonds. The van der Waals surface area contributed by atoms with Gasteiger partial charge in [-0.3, -0.25) is 4.79 Å². The van der Waals surface area contributed by atoms with E-state index in [2.05, 4.69) is 15.3 Å². The molecule has 2 rings (SSSR count). The third-order valence-electron chi connectivity index (χ3n) is 2.89.